The van der Waals surface area contributed by atoms with Gasteiger partial charge in [-0.3, -0.25) is 4.40 Å². The van der Waals surface area contributed by atoms with Crippen molar-refractivity contribution in [3.8, 4) is 11.3 Å². The minimum absolute atomic E-state index is 0.687. The molecule has 0 spiro atoms. The molecule has 0 radical (unpaired) electrons. The number of aromatic nitrogens is 2. The first-order chi connectivity index (χ1) is 8.34. The number of imidazole rings is 1. The second-order valence-corrected chi connectivity index (χ2v) is 4.62. The number of rotatable bonds is 0. The highest BCUT2D eigenvalue weighted by molar-refractivity contribution is 6.33. The molecule has 84 valence electrons. The maximum absolute atomic E-state index is 6.17. The van der Waals surface area contributed by atoms with Crippen LogP contribution in [0.25, 0.3) is 16.9 Å². The number of hydrogen-bond acceptors (Lipinski definition) is 2. The van der Waals surface area contributed by atoms with Gasteiger partial charge in [-0.1, -0.05) is 11.6 Å². The molecule has 0 aliphatic heterocycles. The second-order valence-electron chi connectivity index (χ2n) is 4.21. The van der Waals surface area contributed by atoms with E-state index in [-0.39, 0.29) is 0 Å². The van der Waals surface area contributed by atoms with Crippen molar-refractivity contribution in [2.45, 2.75) is 12.8 Å². The smallest absolute Gasteiger partial charge is 0.156 e. The fourth-order valence-corrected chi connectivity index (χ4v) is 2.72. The van der Waals surface area contributed by atoms with Crippen molar-refractivity contribution in [1.82, 2.24) is 9.38 Å². The molecular weight excluding hydrogens is 236 g/mol. The SMILES string of the molecule is Clc1cccn2c3c(nc12)CCc1occc1-3. The summed E-state index contributed by atoms with van der Waals surface area (Å²) in [4.78, 5) is 4.62. The lowest BCUT2D eigenvalue weighted by Gasteiger charge is -2.10. The molecule has 17 heavy (non-hydrogen) atoms. The summed E-state index contributed by atoms with van der Waals surface area (Å²) in [6.45, 7) is 0. The largest absolute Gasteiger partial charge is 0.469 e. The van der Waals surface area contributed by atoms with Crippen LogP contribution in [0.5, 0.6) is 0 Å². The van der Waals surface area contributed by atoms with Crippen molar-refractivity contribution in [2.24, 2.45) is 0 Å². The van der Waals surface area contributed by atoms with Crippen molar-refractivity contribution >= 4 is 17.2 Å². The molecule has 3 aromatic heterocycles. The number of fused-ring (bicyclic) bond motifs is 5. The molecule has 1 aliphatic carbocycles. The third kappa shape index (κ3) is 1.15. The van der Waals surface area contributed by atoms with Gasteiger partial charge in [0.1, 0.15) is 5.76 Å². The Morgan fingerprint density at radius 3 is 3.18 bits per heavy atom. The topological polar surface area (TPSA) is 30.4 Å². The van der Waals surface area contributed by atoms with E-state index < -0.39 is 0 Å². The maximum atomic E-state index is 6.17. The molecule has 0 amide bonds. The van der Waals surface area contributed by atoms with Gasteiger partial charge in [0.2, 0.25) is 0 Å². The van der Waals surface area contributed by atoms with Gasteiger partial charge in [0, 0.05) is 18.2 Å². The fourth-order valence-electron chi connectivity index (χ4n) is 2.52. The Balaban J connectivity index is 2.17. The molecule has 0 aromatic carbocycles. The van der Waals surface area contributed by atoms with E-state index in [1.807, 2.05) is 28.8 Å². The summed E-state index contributed by atoms with van der Waals surface area (Å²) < 4.78 is 7.53. The number of nitrogens with zero attached hydrogens (tertiary/aromatic N) is 2. The normalized spacial score (nSPS) is 13.7. The molecule has 3 heterocycles. The van der Waals surface area contributed by atoms with Gasteiger partial charge in [-0.2, -0.15) is 0 Å². The molecule has 0 fully saturated rings. The molecule has 0 bridgehead atoms. The van der Waals surface area contributed by atoms with E-state index in [9.17, 15) is 0 Å². The molecule has 0 N–H and O–H groups in total. The molecule has 4 heteroatoms. The number of pyridine rings is 1. The highest BCUT2D eigenvalue weighted by atomic mass is 35.5. The molecule has 1 aliphatic rings. The summed E-state index contributed by atoms with van der Waals surface area (Å²) in [6.07, 6.45) is 5.56. The zero-order valence-electron chi connectivity index (χ0n) is 8.98. The first-order valence-corrected chi connectivity index (χ1v) is 5.94. The third-order valence-electron chi connectivity index (χ3n) is 3.26. The quantitative estimate of drug-likeness (QED) is 0.607. The zero-order valence-corrected chi connectivity index (χ0v) is 9.74. The monoisotopic (exact) mass is 244 g/mol. The first-order valence-electron chi connectivity index (χ1n) is 5.57. The van der Waals surface area contributed by atoms with Gasteiger partial charge < -0.3 is 4.42 Å². The molecule has 4 rings (SSSR count). The van der Waals surface area contributed by atoms with E-state index in [4.69, 9.17) is 16.0 Å². The van der Waals surface area contributed by atoms with E-state index in [2.05, 4.69) is 4.98 Å². The van der Waals surface area contributed by atoms with Crippen molar-refractivity contribution in [1.29, 1.82) is 0 Å². The average Bonchev–Trinajstić information content (AvgIpc) is 2.91. The average molecular weight is 245 g/mol. The zero-order chi connectivity index (χ0) is 11.4. The Bertz CT molecular complexity index is 726. The summed E-state index contributed by atoms with van der Waals surface area (Å²) in [6, 6.07) is 5.81. The van der Waals surface area contributed by atoms with Gasteiger partial charge in [-0.15, -0.1) is 0 Å². The van der Waals surface area contributed by atoms with Gasteiger partial charge in [-0.05, 0) is 24.6 Å². The van der Waals surface area contributed by atoms with Crippen LogP contribution in [0, 0.1) is 0 Å². The van der Waals surface area contributed by atoms with Gasteiger partial charge in [0.25, 0.3) is 0 Å². The lowest BCUT2D eigenvalue weighted by molar-refractivity contribution is 0.506. The summed E-state index contributed by atoms with van der Waals surface area (Å²) >= 11 is 6.17. The summed E-state index contributed by atoms with van der Waals surface area (Å²) in [5, 5.41) is 0.687. The maximum Gasteiger partial charge on any atom is 0.156 e. The van der Waals surface area contributed by atoms with Crippen LogP contribution in [0.3, 0.4) is 0 Å². The van der Waals surface area contributed by atoms with E-state index in [0.29, 0.717) is 5.02 Å². The Morgan fingerprint density at radius 2 is 2.24 bits per heavy atom. The van der Waals surface area contributed by atoms with Crippen LogP contribution in [-0.2, 0) is 12.8 Å². The molecular formula is C13H9ClN2O. The lowest BCUT2D eigenvalue weighted by atomic mass is 9.99. The number of furan rings is 1. The number of aryl methyl sites for hydroxylation is 2. The highest BCUT2D eigenvalue weighted by Crippen LogP contribution is 2.35. The van der Waals surface area contributed by atoms with Crippen LogP contribution < -0.4 is 0 Å². The van der Waals surface area contributed by atoms with Crippen LogP contribution in [0.1, 0.15) is 11.5 Å². The van der Waals surface area contributed by atoms with Crippen LogP contribution in [0.2, 0.25) is 5.02 Å². The molecule has 0 atom stereocenters. The third-order valence-corrected chi connectivity index (χ3v) is 3.56. The van der Waals surface area contributed by atoms with Crippen molar-refractivity contribution in [3.63, 3.8) is 0 Å². The van der Waals surface area contributed by atoms with Gasteiger partial charge in [0.05, 0.1) is 22.7 Å². The van der Waals surface area contributed by atoms with Gasteiger partial charge in [-0.25, -0.2) is 4.98 Å². The standard InChI is InChI=1S/C13H9ClN2O/c14-9-2-1-6-16-12-8-5-7-17-11(8)4-3-10(12)15-13(9)16/h1-2,5-7H,3-4H2. The van der Waals surface area contributed by atoms with Crippen LogP contribution in [0.15, 0.2) is 35.1 Å². The second kappa shape index (κ2) is 3.14. The van der Waals surface area contributed by atoms with E-state index in [1.54, 1.807) is 6.26 Å². The molecule has 3 aromatic rings. The van der Waals surface area contributed by atoms with Gasteiger partial charge >= 0.3 is 0 Å². The lowest BCUT2D eigenvalue weighted by Crippen LogP contribution is -2.02. The van der Waals surface area contributed by atoms with E-state index >= 15 is 0 Å². The number of halogens is 1. The Hall–Kier alpha value is -1.74. The Labute approximate surface area is 103 Å². The van der Waals surface area contributed by atoms with Gasteiger partial charge in [0.15, 0.2) is 5.65 Å². The Kier molecular flexibility index (Phi) is 1.72. The van der Waals surface area contributed by atoms with E-state index in [0.717, 1.165) is 41.2 Å². The molecule has 3 nitrogen and oxygen atoms in total. The molecule has 0 saturated heterocycles. The van der Waals surface area contributed by atoms with Crippen LogP contribution in [0.4, 0.5) is 0 Å². The summed E-state index contributed by atoms with van der Waals surface area (Å²) in [5.41, 5.74) is 4.19. The van der Waals surface area contributed by atoms with Crippen LogP contribution in [-0.4, -0.2) is 9.38 Å². The predicted octanol–water partition coefficient (Wildman–Crippen LogP) is 3.35. The fraction of sp³-hybridized carbons (Fsp3) is 0.154. The molecule has 0 saturated carbocycles. The van der Waals surface area contributed by atoms with Crippen molar-refractivity contribution < 1.29 is 4.42 Å². The minimum Gasteiger partial charge on any atom is -0.469 e. The van der Waals surface area contributed by atoms with Crippen molar-refractivity contribution in [3.05, 3.63) is 47.1 Å². The number of hydrogen-bond donors (Lipinski definition) is 0. The van der Waals surface area contributed by atoms with E-state index in [1.165, 1.54) is 0 Å². The highest BCUT2D eigenvalue weighted by Gasteiger charge is 2.24. The first kappa shape index (κ1) is 9.31. The van der Waals surface area contributed by atoms with Crippen molar-refractivity contribution in [2.75, 3.05) is 0 Å². The summed E-state index contributed by atoms with van der Waals surface area (Å²) in [5.74, 6) is 1.04. The minimum atomic E-state index is 0.687. The molecule has 0 unspecified atom stereocenters. The Morgan fingerprint density at radius 1 is 1.29 bits per heavy atom. The van der Waals surface area contributed by atoms with Crippen LogP contribution >= 0.6 is 11.6 Å². The summed E-state index contributed by atoms with van der Waals surface area (Å²) in [7, 11) is 0. The predicted molar refractivity (Wildman–Crippen MR) is 65.3 cm³/mol.